The van der Waals surface area contributed by atoms with E-state index in [0.29, 0.717) is 0 Å². The number of rotatable bonds is 3. The van der Waals surface area contributed by atoms with Crippen LogP contribution in [-0.2, 0) is 0 Å². The molecule has 0 bridgehead atoms. The van der Waals surface area contributed by atoms with E-state index in [0.717, 1.165) is 11.4 Å². The van der Waals surface area contributed by atoms with Crippen molar-refractivity contribution in [3.63, 3.8) is 0 Å². The van der Waals surface area contributed by atoms with Crippen molar-refractivity contribution in [2.45, 2.75) is 6.92 Å². The Morgan fingerprint density at radius 1 is 0.941 bits per heavy atom. The first-order valence-electron chi connectivity index (χ1n) is 5.64. The van der Waals surface area contributed by atoms with Crippen molar-refractivity contribution in [3.05, 3.63) is 60.2 Å². The normalized spacial score (nSPS) is 10.7. The molecule has 0 radical (unpaired) electrons. The average molecular weight is 224 g/mol. The van der Waals surface area contributed by atoms with E-state index in [-0.39, 0.29) is 0 Å². The number of aliphatic imine (C=N–C) groups is 1. The van der Waals surface area contributed by atoms with Crippen LogP contribution in [0.4, 0.5) is 11.4 Å². The van der Waals surface area contributed by atoms with Crippen LogP contribution in [0, 0.1) is 6.92 Å². The molecule has 0 aliphatic carbocycles. The van der Waals surface area contributed by atoms with Crippen molar-refractivity contribution in [1.29, 1.82) is 0 Å². The topological polar surface area (TPSA) is 15.6 Å². The molecular formula is C15H16N2. The van der Waals surface area contributed by atoms with Gasteiger partial charge in [0.25, 0.3) is 0 Å². The Bertz CT molecular complexity index is 486. The molecule has 0 N–H and O–H groups in total. The third kappa shape index (κ3) is 3.18. The molecule has 2 rings (SSSR count). The predicted molar refractivity (Wildman–Crippen MR) is 74.2 cm³/mol. The van der Waals surface area contributed by atoms with Gasteiger partial charge < -0.3 is 4.90 Å². The van der Waals surface area contributed by atoms with E-state index in [1.165, 1.54) is 5.56 Å². The summed E-state index contributed by atoms with van der Waals surface area (Å²) in [5.74, 6) is 0. The predicted octanol–water partition coefficient (Wildman–Crippen LogP) is 3.79. The van der Waals surface area contributed by atoms with Gasteiger partial charge in [0.2, 0.25) is 0 Å². The lowest BCUT2D eigenvalue weighted by atomic mass is 10.2. The van der Waals surface area contributed by atoms with Gasteiger partial charge in [-0.25, -0.2) is 4.99 Å². The quantitative estimate of drug-likeness (QED) is 0.572. The monoisotopic (exact) mass is 224 g/mol. The van der Waals surface area contributed by atoms with Crippen LogP contribution in [0.5, 0.6) is 0 Å². The number of hydrogen-bond acceptors (Lipinski definition) is 1. The minimum atomic E-state index is 0.964. The Labute approximate surface area is 102 Å². The highest BCUT2D eigenvalue weighted by Gasteiger charge is 1.96. The fourth-order valence-electron chi connectivity index (χ4n) is 1.51. The Hall–Kier alpha value is -2.09. The molecule has 0 spiro atoms. The molecule has 0 aliphatic heterocycles. The standard InChI is InChI=1S/C15H16N2/c1-13-8-10-15(11-9-13)17(2)12-16-14-6-4-3-5-7-14/h3-12H,1-2H3. The minimum absolute atomic E-state index is 0.964. The highest BCUT2D eigenvalue weighted by Crippen LogP contribution is 2.13. The van der Waals surface area contributed by atoms with E-state index in [9.17, 15) is 0 Å². The molecule has 0 amide bonds. The molecular weight excluding hydrogens is 208 g/mol. The van der Waals surface area contributed by atoms with E-state index in [2.05, 4.69) is 36.2 Å². The average Bonchev–Trinajstić information content (AvgIpc) is 2.38. The van der Waals surface area contributed by atoms with Crippen LogP contribution in [-0.4, -0.2) is 13.4 Å². The summed E-state index contributed by atoms with van der Waals surface area (Å²) in [5, 5.41) is 0. The SMILES string of the molecule is Cc1ccc(N(C)C=Nc2ccccc2)cc1. The summed E-state index contributed by atoms with van der Waals surface area (Å²) < 4.78 is 0. The molecule has 0 saturated heterocycles. The van der Waals surface area contributed by atoms with Crippen LogP contribution in [0.25, 0.3) is 0 Å². The van der Waals surface area contributed by atoms with Crippen LogP contribution < -0.4 is 4.90 Å². The smallest absolute Gasteiger partial charge is 0.0954 e. The zero-order valence-electron chi connectivity index (χ0n) is 10.2. The van der Waals surface area contributed by atoms with E-state index >= 15 is 0 Å². The van der Waals surface area contributed by atoms with Crippen LogP contribution >= 0.6 is 0 Å². The molecule has 0 fully saturated rings. The van der Waals surface area contributed by atoms with Gasteiger partial charge in [-0.3, -0.25) is 0 Å². The van der Waals surface area contributed by atoms with Crippen LogP contribution in [0.2, 0.25) is 0 Å². The van der Waals surface area contributed by atoms with Gasteiger partial charge in [-0.05, 0) is 31.2 Å². The van der Waals surface area contributed by atoms with Gasteiger partial charge in [0.05, 0.1) is 12.0 Å². The lowest BCUT2D eigenvalue weighted by molar-refractivity contribution is 1.28. The van der Waals surface area contributed by atoms with E-state index in [1.807, 2.05) is 48.6 Å². The maximum atomic E-state index is 4.41. The summed E-state index contributed by atoms with van der Waals surface area (Å²) in [6, 6.07) is 18.3. The van der Waals surface area contributed by atoms with Gasteiger partial charge in [0.15, 0.2) is 0 Å². The number of nitrogens with zero attached hydrogens (tertiary/aromatic N) is 2. The van der Waals surface area contributed by atoms with Crippen molar-refractivity contribution in [2.24, 2.45) is 4.99 Å². The molecule has 17 heavy (non-hydrogen) atoms. The molecule has 2 nitrogen and oxygen atoms in total. The zero-order chi connectivity index (χ0) is 12.1. The Morgan fingerprint density at radius 2 is 1.59 bits per heavy atom. The highest BCUT2D eigenvalue weighted by molar-refractivity contribution is 5.80. The Kier molecular flexibility index (Phi) is 3.55. The zero-order valence-corrected chi connectivity index (χ0v) is 10.2. The van der Waals surface area contributed by atoms with Crippen molar-refractivity contribution in [1.82, 2.24) is 0 Å². The summed E-state index contributed by atoms with van der Waals surface area (Å²) in [6.07, 6.45) is 1.83. The minimum Gasteiger partial charge on any atom is -0.336 e. The summed E-state index contributed by atoms with van der Waals surface area (Å²) in [4.78, 5) is 6.41. The molecule has 86 valence electrons. The number of benzene rings is 2. The van der Waals surface area contributed by atoms with Crippen LogP contribution in [0.1, 0.15) is 5.56 Å². The largest absolute Gasteiger partial charge is 0.336 e. The van der Waals surface area contributed by atoms with Crippen molar-refractivity contribution in [2.75, 3.05) is 11.9 Å². The Balaban J connectivity index is 2.09. The van der Waals surface area contributed by atoms with Gasteiger partial charge in [-0.2, -0.15) is 0 Å². The summed E-state index contributed by atoms with van der Waals surface area (Å²) in [5.41, 5.74) is 3.36. The van der Waals surface area contributed by atoms with Crippen molar-refractivity contribution < 1.29 is 0 Å². The number of anilines is 1. The molecule has 0 unspecified atom stereocenters. The maximum absolute atomic E-state index is 4.41. The third-order valence-corrected chi connectivity index (χ3v) is 2.58. The molecule has 0 aliphatic rings. The molecule has 0 saturated carbocycles. The summed E-state index contributed by atoms with van der Waals surface area (Å²) in [7, 11) is 2.00. The lowest BCUT2D eigenvalue weighted by Crippen LogP contribution is -2.13. The molecule has 0 atom stereocenters. The van der Waals surface area contributed by atoms with E-state index < -0.39 is 0 Å². The number of hydrogen-bond donors (Lipinski definition) is 0. The second-order valence-electron chi connectivity index (χ2n) is 4.03. The van der Waals surface area contributed by atoms with Gasteiger partial charge in [0, 0.05) is 12.7 Å². The molecule has 0 heterocycles. The third-order valence-electron chi connectivity index (χ3n) is 2.58. The fraction of sp³-hybridized carbons (Fsp3) is 0.133. The van der Waals surface area contributed by atoms with Crippen molar-refractivity contribution >= 4 is 17.7 Å². The highest BCUT2D eigenvalue weighted by atomic mass is 15.1. The van der Waals surface area contributed by atoms with E-state index in [4.69, 9.17) is 0 Å². The second-order valence-corrected chi connectivity index (χ2v) is 4.03. The van der Waals surface area contributed by atoms with Crippen LogP contribution in [0.15, 0.2) is 59.6 Å². The van der Waals surface area contributed by atoms with Gasteiger partial charge in [-0.15, -0.1) is 0 Å². The van der Waals surface area contributed by atoms with Gasteiger partial charge in [-0.1, -0.05) is 35.9 Å². The summed E-state index contributed by atoms with van der Waals surface area (Å²) in [6.45, 7) is 2.09. The first-order valence-corrected chi connectivity index (χ1v) is 5.64. The van der Waals surface area contributed by atoms with Crippen LogP contribution in [0.3, 0.4) is 0 Å². The number of para-hydroxylation sites is 1. The second kappa shape index (κ2) is 5.30. The Morgan fingerprint density at radius 3 is 2.24 bits per heavy atom. The fourth-order valence-corrected chi connectivity index (χ4v) is 1.51. The molecule has 2 aromatic carbocycles. The van der Waals surface area contributed by atoms with Gasteiger partial charge in [0.1, 0.15) is 0 Å². The first-order chi connectivity index (χ1) is 8.25. The van der Waals surface area contributed by atoms with Crippen molar-refractivity contribution in [3.8, 4) is 0 Å². The maximum Gasteiger partial charge on any atom is 0.0954 e. The lowest BCUT2D eigenvalue weighted by Gasteiger charge is -2.13. The molecule has 0 aromatic heterocycles. The number of aryl methyl sites for hydroxylation is 1. The first kappa shape index (κ1) is 11.4. The summed E-state index contributed by atoms with van der Waals surface area (Å²) >= 11 is 0. The van der Waals surface area contributed by atoms with E-state index in [1.54, 1.807) is 0 Å². The van der Waals surface area contributed by atoms with Gasteiger partial charge >= 0.3 is 0 Å². The molecule has 2 heteroatoms. The molecule has 2 aromatic rings.